The van der Waals surface area contributed by atoms with Gasteiger partial charge in [-0.25, -0.2) is 0 Å². The maximum absolute atomic E-state index is 13.3. The van der Waals surface area contributed by atoms with E-state index in [1.165, 1.54) is 11.3 Å². The Morgan fingerprint density at radius 1 is 0.818 bits per heavy atom. The maximum atomic E-state index is 13.3. The van der Waals surface area contributed by atoms with E-state index < -0.39 is 0 Å². The molecule has 4 rings (SSSR count). The van der Waals surface area contributed by atoms with Crippen molar-refractivity contribution >= 4 is 34.5 Å². The smallest absolute Gasteiger partial charge is 0.268 e. The van der Waals surface area contributed by atoms with Crippen LogP contribution in [0.2, 0.25) is 0 Å². The average molecular weight is 455 g/mol. The SMILES string of the molecule is Cc1cccc(CN(C(=O)c2cccs2)c2ccc(CC(=O)Nc3cccc(C)c3)cc2)c1. The van der Waals surface area contributed by atoms with Gasteiger partial charge < -0.3 is 10.2 Å². The van der Waals surface area contributed by atoms with Gasteiger partial charge in [0.05, 0.1) is 17.8 Å². The standard InChI is InChI=1S/C28H26N2O2S/c1-20-6-3-8-23(16-20)19-30(28(32)26-10-5-15-33-26)25-13-11-22(12-14-25)18-27(31)29-24-9-4-7-21(2)17-24/h3-17H,18-19H2,1-2H3,(H,29,31). The summed E-state index contributed by atoms with van der Waals surface area (Å²) in [7, 11) is 0. The number of nitrogens with zero attached hydrogens (tertiary/aromatic N) is 1. The Morgan fingerprint density at radius 2 is 1.55 bits per heavy atom. The van der Waals surface area contributed by atoms with E-state index in [1.54, 1.807) is 4.90 Å². The highest BCUT2D eigenvalue weighted by atomic mass is 32.1. The molecule has 0 fully saturated rings. The summed E-state index contributed by atoms with van der Waals surface area (Å²) < 4.78 is 0. The Balaban J connectivity index is 1.51. The fourth-order valence-electron chi connectivity index (χ4n) is 3.71. The Hall–Kier alpha value is -3.70. The molecule has 0 saturated heterocycles. The van der Waals surface area contributed by atoms with Crippen molar-refractivity contribution in [1.82, 2.24) is 0 Å². The van der Waals surface area contributed by atoms with Crippen LogP contribution >= 0.6 is 11.3 Å². The second kappa shape index (κ2) is 10.3. The van der Waals surface area contributed by atoms with Gasteiger partial charge in [-0.2, -0.15) is 0 Å². The van der Waals surface area contributed by atoms with Gasteiger partial charge in [0.25, 0.3) is 5.91 Å². The molecule has 1 heterocycles. The highest BCUT2D eigenvalue weighted by Gasteiger charge is 2.19. The Morgan fingerprint density at radius 3 is 2.21 bits per heavy atom. The molecule has 5 heteroatoms. The van der Waals surface area contributed by atoms with Gasteiger partial charge in [0, 0.05) is 11.4 Å². The van der Waals surface area contributed by atoms with Gasteiger partial charge >= 0.3 is 0 Å². The highest BCUT2D eigenvalue weighted by Crippen LogP contribution is 2.23. The summed E-state index contributed by atoms with van der Waals surface area (Å²) in [6.45, 7) is 4.52. The molecular weight excluding hydrogens is 428 g/mol. The summed E-state index contributed by atoms with van der Waals surface area (Å²) in [5.41, 5.74) is 5.82. The lowest BCUT2D eigenvalue weighted by Gasteiger charge is -2.23. The summed E-state index contributed by atoms with van der Waals surface area (Å²) in [6, 6.07) is 27.3. The van der Waals surface area contributed by atoms with Crippen molar-refractivity contribution in [2.75, 3.05) is 10.2 Å². The molecule has 0 atom stereocenters. The first kappa shape index (κ1) is 22.5. The van der Waals surface area contributed by atoms with E-state index in [0.717, 1.165) is 33.6 Å². The van der Waals surface area contributed by atoms with Crippen LogP contribution in [0.25, 0.3) is 0 Å². The fourth-order valence-corrected chi connectivity index (χ4v) is 4.39. The van der Waals surface area contributed by atoms with Gasteiger partial charge in [-0.3, -0.25) is 9.59 Å². The van der Waals surface area contributed by atoms with E-state index in [2.05, 4.69) is 11.4 Å². The molecule has 166 valence electrons. The quantitative estimate of drug-likeness (QED) is 0.352. The zero-order valence-corrected chi connectivity index (χ0v) is 19.6. The van der Waals surface area contributed by atoms with Crippen molar-refractivity contribution in [2.45, 2.75) is 26.8 Å². The topological polar surface area (TPSA) is 49.4 Å². The summed E-state index contributed by atoms with van der Waals surface area (Å²) in [6.07, 6.45) is 0.269. The normalized spacial score (nSPS) is 10.6. The largest absolute Gasteiger partial charge is 0.326 e. The average Bonchev–Trinajstić information content (AvgIpc) is 3.33. The van der Waals surface area contributed by atoms with E-state index in [9.17, 15) is 9.59 Å². The van der Waals surface area contributed by atoms with Crippen molar-refractivity contribution in [2.24, 2.45) is 0 Å². The zero-order valence-electron chi connectivity index (χ0n) is 18.7. The molecule has 1 N–H and O–H groups in total. The van der Waals surface area contributed by atoms with Crippen LogP contribution in [-0.4, -0.2) is 11.8 Å². The summed E-state index contributed by atoms with van der Waals surface area (Å²) in [4.78, 5) is 28.2. The zero-order chi connectivity index (χ0) is 23.2. The molecule has 0 aliphatic carbocycles. The number of carbonyl (C=O) groups excluding carboxylic acids is 2. The van der Waals surface area contributed by atoms with Crippen molar-refractivity contribution in [3.63, 3.8) is 0 Å². The van der Waals surface area contributed by atoms with Crippen LogP contribution in [0.15, 0.2) is 90.3 Å². The minimum absolute atomic E-state index is 0.0311. The number of carbonyl (C=O) groups is 2. The third kappa shape index (κ3) is 5.96. The lowest BCUT2D eigenvalue weighted by Crippen LogP contribution is -2.29. The molecule has 0 aliphatic rings. The van der Waals surface area contributed by atoms with E-state index in [-0.39, 0.29) is 18.2 Å². The molecule has 0 aliphatic heterocycles. The molecule has 1 aromatic heterocycles. The minimum atomic E-state index is -0.0698. The highest BCUT2D eigenvalue weighted by molar-refractivity contribution is 7.12. The van der Waals surface area contributed by atoms with Crippen molar-refractivity contribution < 1.29 is 9.59 Å². The van der Waals surface area contributed by atoms with Gasteiger partial charge in [0.1, 0.15) is 0 Å². The summed E-state index contributed by atoms with van der Waals surface area (Å²) >= 11 is 1.44. The molecule has 0 unspecified atom stereocenters. The number of hydrogen-bond acceptors (Lipinski definition) is 3. The predicted molar refractivity (Wildman–Crippen MR) is 136 cm³/mol. The molecule has 0 radical (unpaired) electrons. The van der Waals surface area contributed by atoms with E-state index in [4.69, 9.17) is 0 Å². The second-order valence-electron chi connectivity index (χ2n) is 8.12. The van der Waals surface area contributed by atoms with Crippen LogP contribution in [0, 0.1) is 13.8 Å². The number of rotatable bonds is 7. The van der Waals surface area contributed by atoms with Crippen molar-refractivity contribution in [3.8, 4) is 0 Å². The van der Waals surface area contributed by atoms with Gasteiger partial charge in [0.15, 0.2) is 0 Å². The number of hydrogen-bond donors (Lipinski definition) is 1. The lowest BCUT2D eigenvalue weighted by atomic mass is 10.1. The van der Waals surface area contributed by atoms with Gasteiger partial charge in [-0.1, -0.05) is 60.2 Å². The van der Waals surface area contributed by atoms with Gasteiger partial charge in [-0.15, -0.1) is 11.3 Å². The number of thiophene rings is 1. The number of amides is 2. The molecule has 0 bridgehead atoms. The first-order chi connectivity index (χ1) is 16.0. The maximum Gasteiger partial charge on any atom is 0.268 e. The monoisotopic (exact) mass is 454 g/mol. The van der Waals surface area contributed by atoms with Gasteiger partial charge in [-0.05, 0) is 66.2 Å². The first-order valence-electron chi connectivity index (χ1n) is 10.8. The van der Waals surface area contributed by atoms with Crippen LogP contribution in [0.4, 0.5) is 11.4 Å². The fraction of sp³-hybridized carbons (Fsp3) is 0.143. The van der Waals surface area contributed by atoms with Crippen LogP contribution in [0.3, 0.4) is 0 Å². The lowest BCUT2D eigenvalue weighted by molar-refractivity contribution is -0.115. The van der Waals surface area contributed by atoms with Crippen molar-refractivity contribution in [3.05, 3.63) is 117 Å². The van der Waals surface area contributed by atoms with Gasteiger partial charge in [0.2, 0.25) is 5.91 Å². The molecule has 0 spiro atoms. The molecule has 2 amide bonds. The minimum Gasteiger partial charge on any atom is -0.326 e. The van der Waals surface area contributed by atoms with Crippen LogP contribution in [0.5, 0.6) is 0 Å². The molecule has 3 aromatic carbocycles. The summed E-state index contributed by atoms with van der Waals surface area (Å²) in [5.74, 6) is -0.101. The Bertz CT molecular complexity index is 1250. The molecule has 33 heavy (non-hydrogen) atoms. The van der Waals surface area contributed by atoms with Crippen LogP contribution < -0.4 is 10.2 Å². The molecule has 4 aromatic rings. The molecule has 0 saturated carbocycles. The van der Waals surface area contributed by atoms with Crippen LogP contribution in [-0.2, 0) is 17.8 Å². The van der Waals surface area contributed by atoms with E-state index >= 15 is 0 Å². The summed E-state index contributed by atoms with van der Waals surface area (Å²) in [5, 5.41) is 4.85. The molecule has 4 nitrogen and oxygen atoms in total. The third-order valence-corrected chi connectivity index (χ3v) is 6.17. The number of aryl methyl sites for hydroxylation is 2. The molecular formula is C28H26N2O2S. The predicted octanol–water partition coefficient (Wildman–Crippen LogP) is 6.39. The number of nitrogens with one attached hydrogen (secondary N) is 1. The van der Waals surface area contributed by atoms with E-state index in [0.29, 0.717) is 11.4 Å². The van der Waals surface area contributed by atoms with Crippen molar-refractivity contribution in [1.29, 1.82) is 0 Å². The third-order valence-electron chi connectivity index (χ3n) is 5.31. The van der Waals surface area contributed by atoms with E-state index in [1.807, 2.05) is 98.1 Å². The number of benzene rings is 3. The number of anilines is 2. The Kier molecular flexibility index (Phi) is 7.01. The second-order valence-corrected chi connectivity index (χ2v) is 9.07. The van der Waals surface area contributed by atoms with Crippen LogP contribution in [0.1, 0.15) is 31.9 Å². The first-order valence-corrected chi connectivity index (χ1v) is 11.7. The Labute approximate surface area is 198 Å².